The number of nitrogens with one attached hydrogen (secondary N) is 1. The van der Waals surface area contributed by atoms with Gasteiger partial charge in [-0.3, -0.25) is 9.69 Å². The summed E-state index contributed by atoms with van der Waals surface area (Å²) >= 11 is 6.06. The first-order valence-corrected chi connectivity index (χ1v) is 8.71. The van der Waals surface area contributed by atoms with Crippen LogP contribution in [0.4, 0.5) is 5.69 Å². The van der Waals surface area contributed by atoms with Crippen LogP contribution in [0.1, 0.15) is 27.5 Å². The van der Waals surface area contributed by atoms with Gasteiger partial charge in [0.15, 0.2) is 0 Å². The van der Waals surface area contributed by atoms with E-state index in [-0.39, 0.29) is 11.9 Å². The third-order valence-electron chi connectivity index (χ3n) is 4.83. The number of hydrogen-bond acceptors (Lipinski definition) is 2. The highest BCUT2D eigenvalue weighted by Crippen LogP contribution is 2.42. The molecule has 0 saturated heterocycles. The Hall–Kier alpha value is -3.11. The van der Waals surface area contributed by atoms with Crippen molar-refractivity contribution in [3.8, 4) is 0 Å². The normalized spacial score (nSPS) is 16.3. The van der Waals surface area contributed by atoms with Gasteiger partial charge in [-0.15, -0.1) is 0 Å². The molecule has 1 atom stereocenters. The predicted octanol–water partition coefficient (Wildman–Crippen LogP) is 4.97. The van der Waals surface area contributed by atoms with Crippen molar-refractivity contribution < 1.29 is 4.79 Å². The third kappa shape index (κ3) is 2.23. The number of halogens is 1. The summed E-state index contributed by atoms with van der Waals surface area (Å²) in [5.74, 6) is -0.00423. The summed E-state index contributed by atoms with van der Waals surface area (Å²) in [6.45, 7) is 0. The number of anilines is 1. The Labute approximate surface area is 155 Å². The summed E-state index contributed by atoms with van der Waals surface area (Å²) in [4.78, 5) is 22.4. The first-order chi connectivity index (χ1) is 12.7. The molecule has 0 aliphatic carbocycles. The van der Waals surface area contributed by atoms with Crippen LogP contribution in [0.15, 0.2) is 73.1 Å². The molecule has 0 spiro atoms. The maximum absolute atomic E-state index is 13.2. The summed E-state index contributed by atoms with van der Waals surface area (Å²) in [6, 6.07) is 21.1. The van der Waals surface area contributed by atoms with Crippen molar-refractivity contribution in [2.24, 2.45) is 0 Å². The van der Waals surface area contributed by atoms with Gasteiger partial charge in [0.1, 0.15) is 0 Å². The van der Waals surface area contributed by atoms with E-state index in [1.54, 1.807) is 6.33 Å². The second kappa shape index (κ2) is 5.71. The van der Waals surface area contributed by atoms with Gasteiger partial charge in [0, 0.05) is 16.3 Å². The van der Waals surface area contributed by atoms with Crippen LogP contribution >= 0.6 is 11.6 Å². The highest BCUT2D eigenvalue weighted by atomic mass is 35.5. The zero-order valence-electron chi connectivity index (χ0n) is 13.7. The van der Waals surface area contributed by atoms with Crippen LogP contribution in [0.25, 0.3) is 11.0 Å². The van der Waals surface area contributed by atoms with Crippen molar-refractivity contribution in [2.75, 3.05) is 4.90 Å². The Balaban J connectivity index is 1.71. The standard InChI is InChI=1S/C21H14ClN3O/c22-14-7-5-13(6-8-14)20-16-3-1-2-4-17(16)21(26)25(20)15-9-10-18-19(11-15)24-12-23-18/h1-12,20H,(H,23,24). The number of H-pyrrole nitrogens is 1. The van der Waals surface area contributed by atoms with Crippen molar-refractivity contribution in [3.05, 3.63) is 94.8 Å². The summed E-state index contributed by atoms with van der Waals surface area (Å²) in [5.41, 5.74) is 5.36. The zero-order chi connectivity index (χ0) is 17.7. The molecule has 3 aromatic carbocycles. The van der Waals surface area contributed by atoms with Crippen LogP contribution < -0.4 is 4.90 Å². The average Bonchev–Trinajstić information content (AvgIpc) is 3.25. The van der Waals surface area contributed by atoms with Crippen LogP contribution in [0.5, 0.6) is 0 Å². The number of hydrogen-bond donors (Lipinski definition) is 1. The molecular weight excluding hydrogens is 346 g/mol. The topological polar surface area (TPSA) is 49.0 Å². The Morgan fingerprint density at radius 2 is 1.81 bits per heavy atom. The van der Waals surface area contributed by atoms with Gasteiger partial charge in [-0.1, -0.05) is 41.9 Å². The zero-order valence-corrected chi connectivity index (χ0v) is 14.4. The van der Waals surface area contributed by atoms with E-state index in [1.807, 2.05) is 71.6 Å². The van der Waals surface area contributed by atoms with Crippen molar-refractivity contribution in [1.82, 2.24) is 9.97 Å². The SMILES string of the molecule is O=C1c2ccccc2C(c2ccc(Cl)cc2)N1c1ccc2[nH]cnc2c1. The monoisotopic (exact) mass is 359 g/mol. The molecule has 1 N–H and O–H groups in total. The first-order valence-electron chi connectivity index (χ1n) is 8.33. The van der Waals surface area contributed by atoms with Gasteiger partial charge >= 0.3 is 0 Å². The fourth-order valence-corrected chi connectivity index (χ4v) is 3.75. The van der Waals surface area contributed by atoms with E-state index in [4.69, 9.17) is 11.6 Å². The molecule has 4 aromatic rings. The molecule has 126 valence electrons. The van der Waals surface area contributed by atoms with E-state index in [1.165, 1.54) is 0 Å². The minimum atomic E-state index is -0.188. The van der Waals surface area contributed by atoms with Gasteiger partial charge in [0.05, 0.1) is 23.4 Å². The Morgan fingerprint density at radius 3 is 2.65 bits per heavy atom. The van der Waals surface area contributed by atoms with Gasteiger partial charge < -0.3 is 4.98 Å². The number of rotatable bonds is 2. The highest BCUT2D eigenvalue weighted by molar-refractivity contribution is 6.30. The molecule has 0 bridgehead atoms. The number of benzene rings is 3. The summed E-state index contributed by atoms with van der Waals surface area (Å²) in [6.07, 6.45) is 1.66. The second-order valence-corrected chi connectivity index (χ2v) is 6.76. The predicted molar refractivity (Wildman–Crippen MR) is 103 cm³/mol. The van der Waals surface area contributed by atoms with Crippen LogP contribution in [-0.2, 0) is 0 Å². The molecule has 0 radical (unpaired) electrons. The van der Waals surface area contributed by atoms with E-state index >= 15 is 0 Å². The molecule has 1 aliphatic rings. The van der Waals surface area contributed by atoms with Crippen molar-refractivity contribution in [1.29, 1.82) is 0 Å². The van der Waals surface area contributed by atoms with Crippen LogP contribution in [0, 0.1) is 0 Å². The average molecular weight is 360 g/mol. The minimum Gasteiger partial charge on any atom is -0.345 e. The number of fused-ring (bicyclic) bond motifs is 2. The lowest BCUT2D eigenvalue weighted by Crippen LogP contribution is -2.28. The lowest BCUT2D eigenvalue weighted by Gasteiger charge is -2.26. The number of aromatic nitrogens is 2. The third-order valence-corrected chi connectivity index (χ3v) is 5.08. The molecule has 5 heteroatoms. The second-order valence-electron chi connectivity index (χ2n) is 6.32. The van der Waals surface area contributed by atoms with Gasteiger partial charge in [-0.25, -0.2) is 4.98 Å². The van der Waals surface area contributed by atoms with E-state index in [0.29, 0.717) is 5.02 Å². The lowest BCUT2D eigenvalue weighted by molar-refractivity contribution is 0.0993. The number of carbonyl (C=O) groups excluding carboxylic acids is 1. The van der Waals surface area contributed by atoms with Gasteiger partial charge in [-0.05, 0) is 47.5 Å². The van der Waals surface area contributed by atoms with Crippen LogP contribution in [0.2, 0.25) is 5.02 Å². The van der Waals surface area contributed by atoms with Crippen molar-refractivity contribution in [2.45, 2.75) is 6.04 Å². The smallest absolute Gasteiger partial charge is 0.259 e. The number of amides is 1. The molecule has 1 aromatic heterocycles. The largest absolute Gasteiger partial charge is 0.345 e. The maximum Gasteiger partial charge on any atom is 0.259 e. The first kappa shape index (κ1) is 15.2. The van der Waals surface area contributed by atoms with Crippen LogP contribution in [-0.4, -0.2) is 15.9 Å². The Kier molecular flexibility index (Phi) is 3.33. The van der Waals surface area contributed by atoms with Crippen molar-refractivity contribution in [3.63, 3.8) is 0 Å². The molecule has 2 heterocycles. The molecular formula is C21H14ClN3O. The molecule has 0 saturated carbocycles. The number of aromatic amines is 1. The molecule has 4 nitrogen and oxygen atoms in total. The fraction of sp³-hybridized carbons (Fsp3) is 0.0476. The van der Waals surface area contributed by atoms with E-state index in [9.17, 15) is 4.79 Å². The lowest BCUT2D eigenvalue weighted by atomic mass is 9.98. The number of nitrogens with zero attached hydrogens (tertiary/aromatic N) is 2. The van der Waals surface area contributed by atoms with E-state index < -0.39 is 0 Å². The molecule has 1 aliphatic heterocycles. The summed E-state index contributed by atoms with van der Waals surface area (Å²) < 4.78 is 0. The Bertz CT molecular complexity index is 1130. The summed E-state index contributed by atoms with van der Waals surface area (Å²) in [5, 5.41) is 0.677. The molecule has 0 fully saturated rings. The molecule has 1 unspecified atom stereocenters. The number of carbonyl (C=O) groups is 1. The van der Waals surface area contributed by atoms with E-state index in [2.05, 4.69) is 9.97 Å². The fourth-order valence-electron chi connectivity index (χ4n) is 3.63. The van der Waals surface area contributed by atoms with Gasteiger partial charge in [0.2, 0.25) is 0 Å². The summed E-state index contributed by atoms with van der Waals surface area (Å²) in [7, 11) is 0. The molecule has 26 heavy (non-hydrogen) atoms. The Morgan fingerprint density at radius 1 is 1.00 bits per heavy atom. The van der Waals surface area contributed by atoms with Gasteiger partial charge in [-0.2, -0.15) is 0 Å². The quantitative estimate of drug-likeness (QED) is 0.549. The van der Waals surface area contributed by atoms with Gasteiger partial charge in [0.25, 0.3) is 5.91 Å². The number of imidazole rings is 1. The van der Waals surface area contributed by atoms with Crippen LogP contribution in [0.3, 0.4) is 0 Å². The molecule has 5 rings (SSSR count). The van der Waals surface area contributed by atoms with E-state index in [0.717, 1.165) is 33.4 Å². The minimum absolute atomic E-state index is 0.00423. The molecule has 1 amide bonds. The van der Waals surface area contributed by atoms with Crippen molar-refractivity contribution >= 4 is 34.2 Å². The highest BCUT2D eigenvalue weighted by Gasteiger charge is 2.38. The maximum atomic E-state index is 13.2.